The SMILES string of the molecule is CCCNC(=O)N1CCc2cc(OC)c(OC)cc2[C@H]1[C@H](CC)NC(=O)C(C)C. The van der Waals surface area contributed by atoms with Gasteiger partial charge in [0, 0.05) is 19.0 Å². The summed E-state index contributed by atoms with van der Waals surface area (Å²) in [5.74, 6) is 1.16. The first-order valence-electron chi connectivity index (χ1n) is 10.5. The Kier molecular flexibility index (Phi) is 8.17. The van der Waals surface area contributed by atoms with Crippen LogP contribution in [-0.4, -0.2) is 50.2 Å². The first-order valence-corrected chi connectivity index (χ1v) is 10.5. The predicted molar refractivity (Wildman–Crippen MR) is 113 cm³/mol. The summed E-state index contributed by atoms with van der Waals surface area (Å²) in [5.41, 5.74) is 2.11. The molecule has 1 aromatic carbocycles. The third-order valence-electron chi connectivity index (χ3n) is 5.38. The fourth-order valence-corrected chi connectivity index (χ4v) is 3.73. The topological polar surface area (TPSA) is 79.9 Å². The van der Waals surface area contributed by atoms with Crippen molar-refractivity contribution in [2.75, 3.05) is 27.3 Å². The number of amides is 3. The van der Waals surface area contributed by atoms with Crippen LogP contribution < -0.4 is 20.1 Å². The van der Waals surface area contributed by atoms with E-state index in [-0.39, 0.29) is 29.9 Å². The third kappa shape index (κ3) is 5.14. The Bertz CT molecular complexity index is 720. The van der Waals surface area contributed by atoms with Gasteiger partial charge in [-0.25, -0.2) is 4.79 Å². The lowest BCUT2D eigenvalue weighted by Gasteiger charge is -2.42. The second kappa shape index (κ2) is 10.4. The van der Waals surface area contributed by atoms with E-state index in [2.05, 4.69) is 10.6 Å². The van der Waals surface area contributed by atoms with E-state index in [9.17, 15) is 9.59 Å². The summed E-state index contributed by atoms with van der Waals surface area (Å²) >= 11 is 0. The molecule has 162 valence electrons. The number of nitrogens with zero attached hydrogens (tertiary/aromatic N) is 1. The number of carbonyl (C=O) groups excluding carboxylic acids is 2. The highest BCUT2D eigenvalue weighted by Gasteiger charge is 2.37. The number of methoxy groups -OCH3 is 2. The maximum absolute atomic E-state index is 12.9. The quantitative estimate of drug-likeness (QED) is 0.696. The summed E-state index contributed by atoms with van der Waals surface area (Å²) < 4.78 is 11.0. The number of rotatable bonds is 8. The molecule has 2 N–H and O–H groups in total. The maximum Gasteiger partial charge on any atom is 0.317 e. The van der Waals surface area contributed by atoms with E-state index in [4.69, 9.17) is 9.47 Å². The molecule has 0 saturated heterocycles. The van der Waals surface area contributed by atoms with E-state index in [1.807, 2.05) is 44.7 Å². The highest BCUT2D eigenvalue weighted by Crippen LogP contribution is 2.40. The zero-order valence-corrected chi connectivity index (χ0v) is 18.5. The molecule has 0 unspecified atom stereocenters. The fourth-order valence-electron chi connectivity index (χ4n) is 3.73. The van der Waals surface area contributed by atoms with Crippen LogP contribution in [0.3, 0.4) is 0 Å². The largest absolute Gasteiger partial charge is 0.493 e. The molecule has 0 aliphatic carbocycles. The summed E-state index contributed by atoms with van der Waals surface area (Å²) in [7, 11) is 3.22. The number of fused-ring (bicyclic) bond motifs is 1. The van der Waals surface area contributed by atoms with Gasteiger partial charge in [0.15, 0.2) is 11.5 Å². The van der Waals surface area contributed by atoms with Gasteiger partial charge in [0.05, 0.1) is 26.3 Å². The maximum atomic E-state index is 12.9. The van der Waals surface area contributed by atoms with E-state index in [1.165, 1.54) is 0 Å². The van der Waals surface area contributed by atoms with E-state index in [1.54, 1.807) is 14.2 Å². The molecule has 0 fully saturated rings. The minimum Gasteiger partial charge on any atom is -0.493 e. The molecule has 7 nitrogen and oxygen atoms in total. The van der Waals surface area contributed by atoms with Crippen LogP contribution in [0.1, 0.15) is 57.7 Å². The second-order valence-electron chi connectivity index (χ2n) is 7.70. The molecule has 0 radical (unpaired) electrons. The molecule has 3 amide bonds. The predicted octanol–water partition coefficient (Wildman–Crippen LogP) is 3.27. The van der Waals surface area contributed by atoms with Crippen LogP contribution in [0.4, 0.5) is 4.79 Å². The van der Waals surface area contributed by atoms with Gasteiger partial charge < -0.3 is 25.0 Å². The van der Waals surface area contributed by atoms with Crippen LogP contribution in [0.25, 0.3) is 0 Å². The van der Waals surface area contributed by atoms with Crippen LogP contribution in [0.5, 0.6) is 11.5 Å². The molecular weight excluding hydrogens is 370 g/mol. The zero-order valence-electron chi connectivity index (χ0n) is 18.5. The average molecular weight is 406 g/mol. The van der Waals surface area contributed by atoms with Crippen molar-refractivity contribution in [2.24, 2.45) is 5.92 Å². The van der Waals surface area contributed by atoms with Gasteiger partial charge in [0.25, 0.3) is 0 Å². The van der Waals surface area contributed by atoms with Gasteiger partial charge in [-0.3, -0.25) is 4.79 Å². The van der Waals surface area contributed by atoms with Crippen LogP contribution in [0.2, 0.25) is 0 Å². The number of urea groups is 1. The molecule has 7 heteroatoms. The average Bonchev–Trinajstić information content (AvgIpc) is 2.73. The molecule has 1 aromatic rings. The number of ether oxygens (including phenoxy) is 2. The van der Waals surface area contributed by atoms with Crippen molar-refractivity contribution < 1.29 is 19.1 Å². The van der Waals surface area contributed by atoms with Crippen molar-refractivity contribution in [1.29, 1.82) is 0 Å². The normalized spacial score (nSPS) is 16.8. The zero-order chi connectivity index (χ0) is 21.6. The lowest BCUT2D eigenvalue weighted by atomic mass is 9.86. The van der Waals surface area contributed by atoms with E-state index in [0.29, 0.717) is 31.0 Å². The van der Waals surface area contributed by atoms with Crippen molar-refractivity contribution in [3.05, 3.63) is 23.3 Å². The highest BCUT2D eigenvalue weighted by atomic mass is 16.5. The Balaban J connectivity index is 2.50. The summed E-state index contributed by atoms with van der Waals surface area (Å²) in [6, 6.07) is 3.36. The third-order valence-corrected chi connectivity index (χ3v) is 5.38. The fraction of sp³-hybridized carbons (Fsp3) is 0.636. The summed E-state index contributed by atoms with van der Waals surface area (Å²) in [5, 5.41) is 6.14. The monoisotopic (exact) mass is 405 g/mol. The molecule has 1 aliphatic rings. The minimum absolute atomic E-state index is 0.0154. The Morgan fingerprint density at radius 3 is 2.38 bits per heavy atom. The Hall–Kier alpha value is -2.44. The molecule has 1 aliphatic heterocycles. The van der Waals surface area contributed by atoms with Crippen molar-refractivity contribution >= 4 is 11.9 Å². The smallest absolute Gasteiger partial charge is 0.317 e. The van der Waals surface area contributed by atoms with Gasteiger partial charge in [-0.15, -0.1) is 0 Å². The molecule has 0 spiro atoms. The van der Waals surface area contributed by atoms with Crippen molar-refractivity contribution in [2.45, 2.75) is 59.0 Å². The Morgan fingerprint density at radius 2 is 1.83 bits per heavy atom. The van der Waals surface area contributed by atoms with Crippen LogP contribution in [0.15, 0.2) is 12.1 Å². The first-order chi connectivity index (χ1) is 13.9. The van der Waals surface area contributed by atoms with Crippen LogP contribution >= 0.6 is 0 Å². The van der Waals surface area contributed by atoms with E-state index < -0.39 is 0 Å². The van der Waals surface area contributed by atoms with Gasteiger partial charge in [-0.05, 0) is 42.5 Å². The molecule has 2 rings (SSSR count). The van der Waals surface area contributed by atoms with E-state index in [0.717, 1.165) is 24.0 Å². The van der Waals surface area contributed by atoms with Gasteiger partial charge in [-0.2, -0.15) is 0 Å². The number of hydrogen-bond donors (Lipinski definition) is 2. The lowest BCUT2D eigenvalue weighted by Crippen LogP contribution is -2.53. The molecular formula is C22H35N3O4. The summed E-state index contributed by atoms with van der Waals surface area (Å²) in [6.45, 7) is 9.00. The molecule has 1 heterocycles. The van der Waals surface area contributed by atoms with Crippen molar-refractivity contribution in [3.63, 3.8) is 0 Å². The lowest BCUT2D eigenvalue weighted by molar-refractivity contribution is -0.125. The summed E-state index contributed by atoms with van der Waals surface area (Å²) in [6.07, 6.45) is 2.29. The Morgan fingerprint density at radius 1 is 1.17 bits per heavy atom. The number of benzene rings is 1. The number of nitrogens with one attached hydrogen (secondary N) is 2. The standard InChI is InChI=1S/C22H35N3O4/c1-7-10-23-22(27)25-11-9-15-12-18(28-5)19(29-6)13-16(15)20(25)17(8-2)24-21(26)14(3)4/h12-14,17,20H,7-11H2,1-6H3,(H,23,27)(H,24,26)/t17-,20-/m0/s1. The van der Waals surface area contributed by atoms with Crippen LogP contribution in [0, 0.1) is 5.92 Å². The minimum atomic E-state index is -0.275. The summed E-state index contributed by atoms with van der Waals surface area (Å²) in [4.78, 5) is 27.3. The molecule has 0 aromatic heterocycles. The van der Waals surface area contributed by atoms with Gasteiger partial charge >= 0.3 is 6.03 Å². The first kappa shape index (κ1) is 22.8. The van der Waals surface area contributed by atoms with Gasteiger partial charge in [0.2, 0.25) is 5.91 Å². The molecule has 2 atom stereocenters. The molecule has 29 heavy (non-hydrogen) atoms. The van der Waals surface area contributed by atoms with Gasteiger partial charge in [-0.1, -0.05) is 27.7 Å². The number of carbonyl (C=O) groups is 2. The molecule has 0 saturated carbocycles. The highest BCUT2D eigenvalue weighted by molar-refractivity contribution is 5.79. The van der Waals surface area contributed by atoms with Crippen molar-refractivity contribution in [3.8, 4) is 11.5 Å². The van der Waals surface area contributed by atoms with Crippen molar-refractivity contribution in [1.82, 2.24) is 15.5 Å². The second-order valence-corrected chi connectivity index (χ2v) is 7.70. The number of hydrogen-bond acceptors (Lipinski definition) is 4. The van der Waals surface area contributed by atoms with Gasteiger partial charge in [0.1, 0.15) is 0 Å². The van der Waals surface area contributed by atoms with Crippen LogP contribution in [-0.2, 0) is 11.2 Å². The Labute approximate surface area is 174 Å². The van der Waals surface area contributed by atoms with E-state index >= 15 is 0 Å². The molecule has 0 bridgehead atoms.